The molecule has 0 aromatic carbocycles. The minimum Gasteiger partial charge on any atom is -0.367 e. The minimum absolute atomic E-state index is 0.0600. The number of likely N-dealkylation sites (N-methyl/N-ethyl adjacent to an activating group) is 1. The zero-order valence-electron chi connectivity index (χ0n) is 12.1. The van der Waals surface area contributed by atoms with Crippen molar-refractivity contribution in [1.29, 1.82) is 0 Å². The molecular weight excluding hydrogens is 244 g/mol. The van der Waals surface area contributed by atoms with Crippen molar-refractivity contribution in [3.63, 3.8) is 0 Å². The van der Waals surface area contributed by atoms with Crippen molar-refractivity contribution in [2.24, 2.45) is 0 Å². The van der Waals surface area contributed by atoms with E-state index in [2.05, 4.69) is 41.3 Å². The van der Waals surface area contributed by atoms with Crippen LogP contribution < -0.4 is 5.32 Å². The zero-order chi connectivity index (χ0) is 13.7. The molecule has 2 atom stereocenters. The van der Waals surface area contributed by atoms with Gasteiger partial charge in [-0.25, -0.2) is 0 Å². The number of nitrogens with one attached hydrogen (secondary N) is 1. The van der Waals surface area contributed by atoms with Gasteiger partial charge >= 0.3 is 0 Å². The lowest BCUT2D eigenvalue weighted by atomic mass is 10.2. The average molecular weight is 268 g/mol. The van der Waals surface area contributed by atoms with Crippen LogP contribution in [0.1, 0.15) is 38.1 Å². The molecule has 2 unspecified atom stereocenters. The monoisotopic (exact) mass is 268 g/mol. The normalized spacial score (nSPS) is 22.6. The van der Waals surface area contributed by atoms with E-state index in [0.717, 1.165) is 39.1 Å². The van der Waals surface area contributed by atoms with Crippen LogP contribution in [-0.2, 0) is 11.2 Å². The number of morpholine rings is 1. The summed E-state index contributed by atoms with van der Waals surface area (Å²) in [4.78, 5) is 6.66. The topological polar surface area (TPSA) is 63.4 Å². The summed E-state index contributed by atoms with van der Waals surface area (Å²) in [6, 6.07) is 0.350. The van der Waals surface area contributed by atoms with E-state index in [0.29, 0.717) is 17.8 Å². The van der Waals surface area contributed by atoms with Crippen LogP contribution in [-0.4, -0.2) is 54.4 Å². The molecule has 19 heavy (non-hydrogen) atoms. The molecular formula is C13H24N4O2. The Morgan fingerprint density at radius 3 is 3.11 bits per heavy atom. The predicted octanol–water partition coefficient (Wildman–Crippen LogP) is 1.00. The van der Waals surface area contributed by atoms with Gasteiger partial charge in [-0.2, -0.15) is 4.98 Å². The molecule has 0 radical (unpaired) electrons. The summed E-state index contributed by atoms with van der Waals surface area (Å²) in [6.07, 6.45) is 1.83. The molecule has 1 saturated heterocycles. The van der Waals surface area contributed by atoms with Crippen LogP contribution >= 0.6 is 0 Å². The fraction of sp³-hybridized carbons (Fsp3) is 0.846. The fourth-order valence-electron chi connectivity index (χ4n) is 2.14. The molecule has 0 saturated carbocycles. The van der Waals surface area contributed by atoms with Crippen molar-refractivity contribution in [1.82, 2.24) is 20.4 Å². The summed E-state index contributed by atoms with van der Waals surface area (Å²) < 4.78 is 11.0. The molecule has 6 nitrogen and oxygen atoms in total. The molecule has 1 aromatic heterocycles. The third-order valence-electron chi connectivity index (χ3n) is 3.26. The largest absolute Gasteiger partial charge is 0.367 e. The molecule has 0 aliphatic carbocycles. The Bertz CT molecular complexity index is 382. The quantitative estimate of drug-likeness (QED) is 0.830. The van der Waals surface area contributed by atoms with Crippen molar-refractivity contribution in [2.45, 2.75) is 38.8 Å². The van der Waals surface area contributed by atoms with Gasteiger partial charge in [0.1, 0.15) is 6.10 Å². The second kappa shape index (κ2) is 6.98. The highest BCUT2D eigenvalue weighted by molar-refractivity contribution is 4.95. The van der Waals surface area contributed by atoms with Crippen molar-refractivity contribution in [3.8, 4) is 0 Å². The van der Waals surface area contributed by atoms with Crippen LogP contribution in [0.15, 0.2) is 4.52 Å². The van der Waals surface area contributed by atoms with Gasteiger partial charge in [0.05, 0.1) is 6.61 Å². The van der Waals surface area contributed by atoms with Gasteiger partial charge in [-0.05, 0) is 26.9 Å². The van der Waals surface area contributed by atoms with Gasteiger partial charge in [0.25, 0.3) is 0 Å². The third kappa shape index (κ3) is 4.26. The number of nitrogens with zero attached hydrogens (tertiary/aromatic N) is 3. The summed E-state index contributed by atoms with van der Waals surface area (Å²) in [5, 5.41) is 7.45. The first kappa shape index (κ1) is 14.4. The van der Waals surface area contributed by atoms with Crippen LogP contribution in [0.3, 0.4) is 0 Å². The number of aromatic nitrogens is 2. The molecule has 2 rings (SSSR count). The van der Waals surface area contributed by atoms with Crippen LogP contribution in [0.25, 0.3) is 0 Å². The van der Waals surface area contributed by atoms with E-state index in [4.69, 9.17) is 9.26 Å². The van der Waals surface area contributed by atoms with Crippen LogP contribution in [0.2, 0.25) is 0 Å². The highest BCUT2D eigenvalue weighted by Gasteiger charge is 2.24. The van der Waals surface area contributed by atoms with Crippen LogP contribution in [0.4, 0.5) is 0 Å². The Hall–Kier alpha value is -0.980. The Morgan fingerprint density at radius 2 is 2.37 bits per heavy atom. The molecule has 1 aliphatic heterocycles. The zero-order valence-corrected chi connectivity index (χ0v) is 12.1. The lowest BCUT2D eigenvalue weighted by Gasteiger charge is -2.27. The minimum atomic E-state index is -0.0600. The Labute approximate surface area is 114 Å². The second-order valence-corrected chi connectivity index (χ2v) is 5.23. The van der Waals surface area contributed by atoms with E-state index in [1.54, 1.807) is 0 Å². The molecule has 0 spiro atoms. The van der Waals surface area contributed by atoms with E-state index < -0.39 is 0 Å². The van der Waals surface area contributed by atoms with Gasteiger partial charge < -0.3 is 19.5 Å². The second-order valence-electron chi connectivity index (χ2n) is 5.23. The maximum atomic E-state index is 5.68. The average Bonchev–Trinajstić information content (AvgIpc) is 2.85. The Kier molecular flexibility index (Phi) is 5.30. The summed E-state index contributed by atoms with van der Waals surface area (Å²) in [5.41, 5.74) is 0. The molecule has 1 N–H and O–H groups in total. The Morgan fingerprint density at radius 1 is 1.53 bits per heavy atom. The van der Waals surface area contributed by atoms with E-state index in [9.17, 15) is 0 Å². The van der Waals surface area contributed by atoms with Gasteiger partial charge in [-0.3, -0.25) is 0 Å². The molecule has 1 aromatic rings. The first-order valence-corrected chi connectivity index (χ1v) is 7.05. The smallest absolute Gasteiger partial charge is 0.228 e. The van der Waals surface area contributed by atoms with Crippen molar-refractivity contribution >= 4 is 0 Å². The fourth-order valence-corrected chi connectivity index (χ4v) is 2.14. The van der Waals surface area contributed by atoms with Crippen molar-refractivity contribution in [3.05, 3.63) is 11.7 Å². The number of ether oxygens (including phenoxy) is 1. The van der Waals surface area contributed by atoms with Crippen LogP contribution in [0, 0.1) is 0 Å². The van der Waals surface area contributed by atoms with E-state index in [-0.39, 0.29) is 6.10 Å². The first-order chi connectivity index (χ1) is 9.19. The maximum absolute atomic E-state index is 5.68. The SMILES string of the molecule is CCCNC(C)Cc1nc(C2CN(C)CCO2)no1. The predicted molar refractivity (Wildman–Crippen MR) is 71.9 cm³/mol. The van der Waals surface area contributed by atoms with Gasteiger partial charge in [0.15, 0.2) is 0 Å². The van der Waals surface area contributed by atoms with Gasteiger partial charge in [-0.1, -0.05) is 12.1 Å². The molecule has 1 fully saturated rings. The molecule has 0 amide bonds. The number of hydrogen-bond acceptors (Lipinski definition) is 6. The van der Waals surface area contributed by atoms with E-state index in [1.165, 1.54) is 0 Å². The van der Waals surface area contributed by atoms with E-state index >= 15 is 0 Å². The van der Waals surface area contributed by atoms with Crippen LogP contribution in [0.5, 0.6) is 0 Å². The molecule has 108 valence electrons. The van der Waals surface area contributed by atoms with Gasteiger partial charge in [0, 0.05) is 25.6 Å². The number of hydrogen-bond donors (Lipinski definition) is 1. The summed E-state index contributed by atoms with van der Waals surface area (Å²) in [6.45, 7) is 7.80. The molecule has 0 bridgehead atoms. The Balaban J connectivity index is 1.87. The maximum Gasteiger partial charge on any atom is 0.228 e. The first-order valence-electron chi connectivity index (χ1n) is 7.05. The molecule has 2 heterocycles. The lowest BCUT2D eigenvalue weighted by molar-refractivity contribution is -0.0264. The van der Waals surface area contributed by atoms with Gasteiger partial charge in [0.2, 0.25) is 11.7 Å². The standard InChI is InChI=1S/C13H24N4O2/c1-4-5-14-10(2)8-12-15-13(16-19-12)11-9-17(3)6-7-18-11/h10-11,14H,4-9H2,1-3H3. The molecule has 6 heteroatoms. The van der Waals surface area contributed by atoms with Gasteiger partial charge in [-0.15, -0.1) is 0 Å². The van der Waals surface area contributed by atoms with Crippen molar-refractivity contribution < 1.29 is 9.26 Å². The highest BCUT2D eigenvalue weighted by atomic mass is 16.5. The number of rotatable bonds is 6. The van der Waals surface area contributed by atoms with Crippen molar-refractivity contribution in [2.75, 3.05) is 33.3 Å². The van der Waals surface area contributed by atoms with E-state index in [1.807, 2.05) is 0 Å². The summed E-state index contributed by atoms with van der Waals surface area (Å²) in [7, 11) is 2.08. The summed E-state index contributed by atoms with van der Waals surface area (Å²) in [5.74, 6) is 1.35. The lowest BCUT2D eigenvalue weighted by Crippen LogP contribution is -2.35. The highest BCUT2D eigenvalue weighted by Crippen LogP contribution is 2.18. The molecule has 1 aliphatic rings. The summed E-state index contributed by atoms with van der Waals surface area (Å²) >= 11 is 0. The third-order valence-corrected chi connectivity index (χ3v) is 3.26.